The Hall–Kier alpha value is -2.74. The van der Waals surface area contributed by atoms with Gasteiger partial charge in [0.1, 0.15) is 11.6 Å². The van der Waals surface area contributed by atoms with E-state index in [1.54, 1.807) is 31.2 Å². The van der Waals surface area contributed by atoms with Gasteiger partial charge < -0.3 is 10.8 Å². The Bertz CT molecular complexity index is 694. The summed E-state index contributed by atoms with van der Waals surface area (Å²) in [6.45, 7) is 1.60. The van der Waals surface area contributed by atoms with E-state index in [-0.39, 0.29) is 11.4 Å². The van der Waals surface area contributed by atoms with Crippen molar-refractivity contribution in [3.63, 3.8) is 0 Å². The molecule has 0 fully saturated rings. The number of nitrogens with zero attached hydrogens (tertiary/aromatic N) is 2. The van der Waals surface area contributed by atoms with E-state index in [0.29, 0.717) is 16.9 Å². The molecule has 1 aromatic carbocycles. The van der Waals surface area contributed by atoms with Crippen molar-refractivity contribution in [2.75, 3.05) is 5.73 Å². The van der Waals surface area contributed by atoms with Crippen molar-refractivity contribution in [1.82, 2.24) is 4.57 Å². The molecule has 0 unspecified atom stereocenters. The second kappa shape index (κ2) is 4.26. The number of hydrogen-bond donors (Lipinski definition) is 2. The highest BCUT2D eigenvalue weighted by Gasteiger charge is 2.13. The number of nitrogen functional groups attached to an aromatic ring is 1. The lowest BCUT2D eigenvalue weighted by molar-refractivity contribution is 0.433. The van der Waals surface area contributed by atoms with Crippen LogP contribution in [0.1, 0.15) is 11.1 Å². The van der Waals surface area contributed by atoms with Crippen LogP contribution in [0.2, 0.25) is 0 Å². The lowest BCUT2D eigenvalue weighted by Gasteiger charge is -2.11. The monoisotopic (exact) mass is 241 g/mol. The van der Waals surface area contributed by atoms with Gasteiger partial charge in [0.2, 0.25) is 5.88 Å². The summed E-state index contributed by atoms with van der Waals surface area (Å²) in [7, 11) is 0. The summed E-state index contributed by atoms with van der Waals surface area (Å²) in [4.78, 5) is 11.9. The van der Waals surface area contributed by atoms with E-state index in [1.807, 2.05) is 6.07 Å². The van der Waals surface area contributed by atoms with Crippen LogP contribution in [0, 0.1) is 18.3 Å². The first-order valence-electron chi connectivity index (χ1n) is 5.26. The average molecular weight is 241 g/mol. The van der Waals surface area contributed by atoms with Crippen LogP contribution < -0.4 is 11.3 Å². The average Bonchev–Trinajstić information content (AvgIpc) is 2.31. The highest BCUT2D eigenvalue weighted by Crippen LogP contribution is 2.21. The predicted molar refractivity (Wildman–Crippen MR) is 67.6 cm³/mol. The van der Waals surface area contributed by atoms with Crippen molar-refractivity contribution in [3.8, 4) is 17.6 Å². The van der Waals surface area contributed by atoms with Gasteiger partial charge in [0.05, 0.1) is 5.69 Å². The molecule has 90 valence electrons. The topological polar surface area (TPSA) is 92.0 Å². The van der Waals surface area contributed by atoms with Crippen LogP contribution in [0.3, 0.4) is 0 Å². The Kier molecular flexibility index (Phi) is 2.78. The molecule has 2 aromatic rings. The van der Waals surface area contributed by atoms with Crippen LogP contribution >= 0.6 is 0 Å². The van der Waals surface area contributed by atoms with Gasteiger partial charge in [-0.25, -0.2) is 4.57 Å². The molecule has 1 heterocycles. The van der Waals surface area contributed by atoms with E-state index in [4.69, 9.17) is 11.0 Å². The van der Waals surface area contributed by atoms with E-state index in [9.17, 15) is 9.90 Å². The number of benzene rings is 1. The van der Waals surface area contributed by atoms with E-state index in [0.717, 1.165) is 4.57 Å². The summed E-state index contributed by atoms with van der Waals surface area (Å²) in [5.41, 5.74) is 6.72. The van der Waals surface area contributed by atoms with Crippen molar-refractivity contribution >= 4 is 5.69 Å². The lowest BCUT2D eigenvalue weighted by atomic mass is 10.1. The molecule has 0 amide bonds. The summed E-state index contributed by atoms with van der Waals surface area (Å²) in [5.74, 6) is -0.354. The Morgan fingerprint density at radius 3 is 2.50 bits per heavy atom. The van der Waals surface area contributed by atoms with Crippen LogP contribution in [0.15, 0.2) is 35.1 Å². The molecule has 18 heavy (non-hydrogen) atoms. The lowest BCUT2D eigenvalue weighted by Crippen LogP contribution is -2.19. The van der Waals surface area contributed by atoms with Crippen LogP contribution in [-0.2, 0) is 0 Å². The van der Waals surface area contributed by atoms with Crippen molar-refractivity contribution in [1.29, 1.82) is 5.26 Å². The van der Waals surface area contributed by atoms with Gasteiger partial charge in [0, 0.05) is 11.8 Å². The third kappa shape index (κ3) is 1.80. The Labute approximate surface area is 103 Å². The molecule has 2 rings (SSSR count). The Morgan fingerprint density at radius 1 is 1.33 bits per heavy atom. The number of nitrogens with two attached hydrogens (primary N) is 1. The van der Waals surface area contributed by atoms with Crippen molar-refractivity contribution < 1.29 is 5.11 Å². The first-order chi connectivity index (χ1) is 8.54. The number of hydrogen-bond acceptors (Lipinski definition) is 4. The Morgan fingerprint density at radius 2 is 1.94 bits per heavy atom. The fraction of sp³-hybridized carbons (Fsp3) is 0.0769. The summed E-state index contributed by atoms with van der Waals surface area (Å²) in [5, 5.41) is 18.9. The first-order valence-corrected chi connectivity index (χ1v) is 5.26. The third-order valence-electron chi connectivity index (χ3n) is 2.65. The maximum atomic E-state index is 11.9. The highest BCUT2D eigenvalue weighted by atomic mass is 16.3. The largest absolute Gasteiger partial charge is 0.493 e. The summed E-state index contributed by atoms with van der Waals surface area (Å²) >= 11 is 0. The van der Waals surface area contributed by atoms with Gasteiger partial charge in [-0.05, 0) is 36.8 Å². The molecule has 5 heteroatoms. The molecule has 0 bridgehead atoms. The second-order valence-electron chi connectivity index (χ2n) is 3.90. The standard InChI is InChI=1S/C13H11N3O2/c1-8-6-12(17)16(13(18)11(8)7-14)10-4-2-9(15)3-5-10/h2-6,18H,15H2,1H3. The molecule has 0 aliphatic rings. The number of aryl methyl sites for hydroxylation is 1. The van der Waals surface area contributed by atoms with Gasteiger partial charge in [-0.3, -0.25) is 4.79 Å². The highest BCUT2D eigenvalue weighted by molar-refractivity contribution is 5.51. The fourth-order valence-electron chi connectivity index (χ4n) is 1.73. The van der Waals surface area contributed by atoms with E-state index < -0.39 is 5.56 Å². The van der Waals surface area contributed by atoms with Crippen molar-refractivity contribution in [3.05, 3.63) is 51.8 Å². The molecule has 1 aromatic heterocycles. The summed E-state index contributed by atoms with van der Waals surface area (Å²) < 4.78 is 1.07. The molecular formula is C13H11N3O2. The van der Waals surface area contributed by atoms with Crippen LogP contribution in [0.5, 0.6) is 5.88 Å². The molecule has 0 aliphatic heterocycles. The first kappa shape index (κ1) is 11.7. The fourth-order valence-corrected chi connectivity index (χ4v) is 1.73. The zero-order valence-electron chi connectivity index (χ0n) is 9.71. The molecule has 0 saturated heterocycles. The Balaban J connectivity index is 2.76. The van der Waals surface area contributed by atoms with Crippen LogP contribution in [0.4, 0.5) is 5.69 Å². The van der Waals surface area contributed by atoms with E-state index in [2.05, 4.69) is 0 Å². The minimum Gasteiger partial charge on any atom is -0.493 e. The summed E-state index contributed by atoms with van der Waals surface area (Å²) in [6.07, 6.45) is 0. The normalized spacial score (nSPS) is 10.0. The number of anilines is 1. The van der Waals surface area contributed by atoms with Gasteiger partial charge in [-0.2, -0.15) is 5.26 Å². The molecule has 0 radical (unpaired) electrons. The molecule has 0 aliphatic carbocycles. The molecular weight excluding hydrogens is 230 g/mol. The molecule has 0 atom stereocenters. The molecule has 0 saturated carbocycles. The predicted octanol–water partition coefficient (Wildman–Crippen LogP) is 1.31. The number of rotatable bonds is 1. The maximum Gasteiger partial charge on any atom is 0.258 e. The van der Waals surface area contributed by atoms with Gasteiger partial charge in [-0.1, -0.05) is 0 Å². The van der Waals surface area contributed by atoms with Gasteiger partial charge in [0.25, 0.3) is 5.56 Å². The number of aromatic hydroxyl groups is 1. The van der Waals surface area contributed by atoms with Gasteiger partial charge in [-0.15, -0.1) is 0 Å². The van der Waals surface area contributed by atoms with Crippen molar-refractivity contribution in [2.24, 2.45) is 0 Å². The molecule has 5 nitrogen and oxygen atoms in total. The minimum atomic E-state index is -0.395. The zero-order valence-corrected chi connectivity index (χ0v) is 9.71. The number of aromatic nitrogens is 1. The van der Waals surface area contributed by atoms with Crippen LogP contribution in [0.25, 0.3) is 5.69 Å². The maximum absolute atomic E-state index is 11.9. The van der Waals surface area contributed by atoms with Gasteiger partial charge >= 0.3 is 0 Å². The quantitative estimate of drug-likeness (QED) is 0.736. The third-order valence-corrected chi connectivity index (χ3v) is 2.65. The number of pyridine rings is 1. The summed E-state index contributed by atoms with van der Waals surface area (Å²) in [6, 6.07) is 9.64. The molecule has 3 N–H and O–H groups in total. The van der Waals surface area contributed by atoms with Gasteiger partial charge in [0.15, 0.2) is 0 Å². The second-order valence-corrected chi connectivity index (χ2v) is 3.90. The van der Waals surface area contributed by atoms with Crippen molar-refractivity contribution in [2.45, 2.75) is 6.92 Å². The van der Waals surface area contributed by atoms with E-state index in [1.165, 1.54) is 6.07 Å². The van der Waals surface area contributed by atoms with E-state index >= 15 is 0 Å². The number of nitriles is 1. The SMILES string of the molecule is Cc1cc(=O)n(-c2ccc(N)cc2)c(O)c1C#N. The smallest absolute Gasteiger partial charge is 0.258 e. The molecule has 0 spiro atoms. The minimum absolute atomic E-state index is 0.0893. The zero-order chi connectivity index (χ0) is 13.3. The van der Waals surface area contributed by atoms with Crippen LogP contribution in [-0.4, -0.2) is 9.67 Å².